The third-order valence-electron chi connectivity index (χ3n) is 3.87. The Labute approximate surface area is 123 Å². The smallest absolute Gasteiger partial charge is 0.416 e. The molecule has 0 spiro atoms. The lowest BCUT2D eigenvalue weighted by Gasteiger charge is -2.36. The van der Waals surface area contributed by atoms with Gasteiger partial charge in [-0.25, -0.2) is 4.98 Å². The zero-order chi connectivity index (χ0) is 16.6. The summed E-state index contributed by atoms with van der Waals surface area (Å²) in [6, 6.07) is 0.878. The number of rotatable bonds is 3. The topological polar surface area (TPSA) is 39.2 Å². The van der Waals surface area contributed by atoms with E-state index >= 15 is 0 Å². The van der Waals surface area contributed by atoms with Crippen molar-refractivity contribution in [2.75, 3.05) is 0 Å². The highest BCUT2D eigenvalue weighted by atomic mass is 28.4. The van der Waals surface area contributed by atoms with Crippen LogP contribution in [0.2, 0.25) is 18.1 Å². The van der Waals surface area contributed by atoms with E-state index in [-0.39, 0.29) is 22.2 Å². The molecule has 0 radical (unpaired) electrons. The fraction of sp³-hybridized carbons (Fsp3) is 0.571. The number of alkyl halides is 3. The molecule has 118 valence electrons. The van der Waals surface area contributed by atoms with Crippen molar-refractivity contribution >= 4 is 14.6 Å². The third kappa shape index (κ3) is 3.84. The Morgan fingerprint density at radius 2 is 1.76 bits per heavy atom. The van der Waals surface area contributed by atoms with Crippen LogP contribution in [0.3, 0.4) is 0 Å². The molecule has 21 heavy (non-hydrogen) atoms. The number of hydrogen-bond donors (Lipinski definition) is 0. The Kier molecular flexibility index (Phi) is 4.58. The second kappa shape index (κ2) is 5.44. The van der Waals surface area contributed by atoms with E-state index in [1.165, 1.54) is 6.92 Å². The van der Waals surface area contributed by atoms with Gasteiger partial charge in [0.25, 0.3) is 8.32 Å². The lowest BCUT2D eigenvalue weighted by Crippen LogP contribution is -2.44. The first kappa shape index (κ1) is 17.7. The van der Waals surface area contributed by atoms with Crippen LogP contribution in [0, 0.1) is 6.92 Å². The minimum absolute atomic E-state index is 0.137. The van der Waals surface area contributed by atoms with Gasteiger partial charge in [0.1, 0.15) is 5.69 Å². The lowest BCUT2D eigenvalue weighted by molar-refractivity contribution is -0.138. The van der Waals surface area contributed by atoms with Gasteiger partial charge >= 0.3 is 6.18 Å². The van der Waals surface area contributed by atoms with E-state index in [0.717, 1.165) is 6.07 Å². The molecule has 1 aromatic heterocycles. The van der Waals surface area contributed by atoms with Gasteiger partial charge < -0.3 is 4.43 Å². The van der Waals surface area contributed by atoms with E-state index < -0.39 is 20.1 Å². The van der Waals surface area contributed by atoms with Gasteiger partial charge in [0.2, 0.25) is 5.88 Å². The van der Waals surface area contributed by atoms with Crippen LogP contribution in [0.1, 0.15) is 42.4 Å². The molecular weight excluding hydrogens is 299 g/mol. The lowest BCUT2D eigenvalue weighted by atomic mass is 10.1. The van der Waals surface area contributed by atoms with Crippen molar-refractivity contribution in [3.05, 3.63) is 22.9 Å². The standard InChI is InChI=1S/C14H20F3NO2Si/c1-9-10(14(15,16)17)7-12(18-11(9)8-19)20-21(5,6)13(2,3)4/h7-8H,1-6H3. The van der Waals surface area contributed by atoms with Crippen LogP contribution in [0.5, 0.6) is 5.88 Å². The Hall–Kier alpha value is -1.37. The van der Waals surface area contributed by atoms with Gasteiger partial charge in [-0.15, -0.1) is 0 Å². The number of halogens is 3. The molecule has 0 bridgehead atoms. The van der Waals surface area contributed by atoms with Gasteiger partial charge in [-0.3, -0.25) is 4.79 Å². The average Bonchev–Trinajstić information content (AvgIpc) is 2.27. The highest BCUT2D eigenvalue weighted by Gasteiger charge is 2.40. The zero-order valence-corrected chi connectivity index (χ0v) is 14.1. The fourth-order valence-corrected chi connectivity index (χ4v) is 2.41. The Balaban J connectivity index is 3.37. The second-order valence-corrected chi connectivity index (χ2v) is 11.2. The van der Waals surface area contributed by atoms with Crippen LogP contribution in [0.4, 0.5) is 13.2 Å². The summed E-state index contributed by atoms with van der Waals surface area (Å²) in [7, 11) is -2.33. The van der Waals surface area contributed by atoms with Crippen LogP contribution in [-0.2, 0) is 6.18 Å². The number of carbonyl (C=O) groups excluding carboxylic acids is 1. The quantitative estimate of drug-likeness (QED) is 0.603. The van der Waals surface area contributed by atoms with Crippen molar-refractivity contribution in [1.29, 1.82) is 0 Å². The van der Waals surface area contributed by atoms with Crippen LogP contribution >= 0.6 is 0 Å². The number of pyridine rings is 1. The normalized spacial score (nSPS) is 13.2. The second-order valence-electron chi connectivity index (χ2n) is 6.50. The van der Waals surface area contributed by atoms with Crippen LogP contribution in [0.15, 0.2) is 6.07 Å². The van der Waals surface area contributed by atoms with E-state index in [1.54, 1.807) is 0 Å². The van der Waals surface area contributed by atoms with Gasteiger partial charge in [0.05, 0.1) is 5.56 Å². The first-order chi connectivity index (χ1) is 9.29. The Morgan fingerprint density at radius 1 is 1.24 bits per heavy atom. The summed E-state index contributed by atoms with van der Waals surface area (Å²) in [6.07, 6.45) is -4.22. The molecule has 3 nitrogen and oxygen atoms in total. The van der Waals surface area contributed by atoms with E-state index in [1.807, 2.05) is 33.9 Å². The molecule has 1 rings (SSSR count). The van der Waals surface area contributed by atoms with E-state index in [9.17, 15) is 18.0 Å². The van der Waals surface area contributed by atoms with Crippen molar-refractivity contribution < 1.29 is 22.4 Å². The monoisotopic (exact) mass is 319 g/mol. The van der Waals surface area contributed by atoms with Crippen molar-refractivity contribution in [2.45, 2.75) is 52.0 Å². The molecule has 0 aliphatic rings. The molecular formula is C14H20F3NO2Si. The number of aldehydes is 1. The molecule has 7 heteroatoms. The Morgan fingerprint density at radius 3 is 2.14 bits per heavy atom. The molecule has 0 unspecified atom stereocenters. The summed E-state index contributed by atoms with van der Waals surface area (Å²) >= 11 is 0. The number of aromatic nitrogens is 1. The molecule has 0 aliphatic heterocycles. The maximum absolute atomic E-state index is 13.0. The number of carbonyl (C=O) groups is 1. The predicted octanol–water partition coefficient (Wildman–Crippen LogP) is 4.61. The first-order valence-corrected chi connectivity index (χ1v) is 9.43. The summed E-state index contributed by atoms with van der Waals surface area (Å²) in [5, 5.41) is -0.181. The fourth-order valence-electron chi connectivity index (χ4n) is 1.48. The molecule has 0 saturated heterocycles. The zero-order valence-electron chi connectivity index (χ0n) is 13.1. The van der Waals surface area contributed by atoms with Gasteiger partial charge in [0.15, 0.2) is 6.29 Å². The molecule has 0 fully saturated rings. The third-order valence-corrected chi connectivity index (χ3v) is 8.20. The van der Waals surface area contributed by atoms with Crippen LogP contribution in [0.25, 0.3) is 0 Å². The summed E-state index contributed by atoms with van der Waals surface area (Å²) in [5.74, 6) is -0.137. The summed E-state index contributed by atoms with van der Waals surface area (Å²) in [5.41, 5.74) is -1.30. The molecule has 1 heterocycles. The van der Waals surface area contributed by atoms with E-state index in [4.69, 9.17) is 4.43 Å². The minimum atomic E-state index is -4.55. The highest BCUT2D eigenvalue weighted by molar-refractivity contribution is 6.74. The van der Waals surface area contributed by atoms with Gasteiger partial charge in [-0.05, 0) is 30.6 Å². The molecule has 0 aliphatic carbocycles. The SMILES string of the molecule is Cc1c(C(F)(F)F)cc(O[Si](C)(C)C(C)(C)C)nc1C=O. The number of hydrogen-bond acceptors (Lipinski definition) is 3. The summed E-state index contributed by atoms with van der Waals surface area (Å²) in [4.78, 5) is 14.9. The minimum Gasteiger partial charge on any atom is -0.531 e. The van der Waals surface area contributed by atoms with Crippen molar-refractivity contribution in [1.82, 2.24) is 4.98 Å². The van der Waals surface area contributed by atoms with Crippen molar-refractivity contribution in [3.63, 3.8) is 0 Å². The Bertz CT molecular complexity index is 548. The van der Waals surface area contributed by atoms with Gasteiger partial charge in [-0.2, -0.15) is 13.2 Å². The molecule has 0 N–H and O–H groups in total. The summed E-state index contributed by atoms with van der Waals surface area (Å²) in [6.45, 7) is 11.0. The first-order valence-electron chi connectivity index (χ1n) is 6.52. The van der Waals surface area contributed by atoms with Gasteiger partial charge in [-0.1, -0.05) is 20.8 Å². The molecule has 1 aromatic rings. The molecule has 0 atom stereocenters. The van der Waals surface area contributed by atoms with Crippen LogP contribution < -0.4 is 4.43 Å². The predicted molar refractivity (Wildman–Crippen MR) is 77.2 cm³/mol. The molecule has 0 amide bonds. The van der Waals surface area contributed by atoms with Gasteiger partial charge in [0, 0.05) is 6.07 Å². The van der Waals surface area contributed by atoms with E-state index in [0.29, 0.717) is 6.29 Å². The maximum atomic E-state index is 13.0. The highest BCUT2D eigenvalue weighted by Crippen LogP contribution is 2.39. The molecule has 0 saturated carbocycles. The van der Waals surface area contributed by atoms with Crippen molar-refractivity contribution in [3.8, 4) is 5.88 Å². The number of nitrogens with zero attached hydrogens (tertiary/aromatic N) is 1. The van der Waals surface area contributed by atoms with Crippen LogP contribution in [-0.4, -0.2) is 19.6 Å². The maximum Gasteiger partial charge on any atom is 0.416 e. The summed E-state index contributed by atoms with van der Waals surface area (Å²) < 4.78 is 44.8. The molecule has 0 aromatic carbocycles. The van der Waals surface area contributed by atoms with Crippen molar-refractivity contribution in [2.24, 2.45) is 0 Å². The largest absolute Gasteiger partial charge is 0.531 e. The van der Waals surface area contributed by atoms with E-state index in [2.05, 4.69) is 4.98 Å². The average molecular weight is 319 g/mol.